The highest BCUT2D eigenvalue weighted by Gasteiger charge is 2.25. The molecule has 3 rings (SSSR count). The highest BCUT2D eigenvalue weighted by Crippen LogP contribution is 2.43. The second kappa shape index (κ2) is 9.80. The Kier molecular flexibility index (Phi) is 7.18. The molecule has 152 valence electrons. The Morgan fingerprint density at radius 2 is 1.86 bits per heavy atom. The van der Waals surface area contributed by atoms with Gasteiger partial charge in [0.15, 0.2) is 11.5 Å². The summed E-state index contributed by atoms with van der Waals surface area (Å²) >= 11 is 0. The van der Waals surface area contributed by atoms with Crippen molar-refractivity contribution in [2.75, 3.05) is 33.9 Å². The van der Waals surface area contributed by atoms with Gasteiger partial charge in [-0.2, -0.15) is 0 Å². The van der Waals surface area contributed by atoms with Crippen LogP contribution in [0.1, 0.15) is 37.0 Å². The minimum Gasteiger partial charge on any atom is -0.493 e. The zero-order valence-electron chi connectivity index (χ0n) is 17.1. The summed E-state index contributed by atoms with van der Waals surface area (Å²) in [4.78, 5) is 2.33. The van der Waals surface area contributed by atoms with Gasteiger partial charge in [-0.3, -0.25) is 0 Å². The van der Waals surface area contributed by atoms with Crippen molar-refractivity contribution in [3.63, 3.8) is 0 Å². The first-order valence-electron chi connectivity index (χ1n) is 9.94. The molecule has 1 N–H and O–H groups in total. The van der Waals surface area contributed by atoms with E-state index in [0.717, 1.165) is 24.2 Å². The number of aliphatic hydroxyl groups excluding tert-OH is 1. The zero-order valence-corrected chi connectivity index (χ0v) is 17.1. The predicted octanol–water partition coefficient (Wildman–Crippen LogP) is 4.05. The first kappa shape index (κ1) is 20.5. The SMILES string of the molecule is COc1ccc(C(O)CN2CCCC(C)C2)c(OCc2ccccc2)c1OC. The van der Waals surface area contributed by atoms with Gasteiger partial charge in [-0.05, 0) is 43.0 Å². The van der Waals surface area contributed by atoms with Crippen molar-refractivity contribution in [2.24, 2.45) is 5.92 Å². The molecule has 0 saturated carbocycles. The van der Waals surface area contributed by atoms with Crippen LogP contribution in [0.15, 0.2) is 42.5 Å². The Hall–Kier alpha value is -2.24. The van der Waals surface area contributed by atoms with Gasteiger partial charge in [0, 0.05) is 18.7 Å². The quantitative estimate of drug-likeness (QED) is 0.743. The number of piperidine rings is 1. The van der Waals surface area contributed by atoms with Crippen LogP contribution in [-0.2, 0) is 6.61 Å². The van der Waals surface area contributed by atoms with Gasteiger partial charge < -0.3 is 24.2 Å². The smallest absolute Gasteiger partial charge is 0.203 e. The van der Waals surface area contributed by atoms with Crippen LogP contribution < -0.4 is 14.2 Å². The van der Waals surface area contributed by atoms with Gasteiger partial charge in [0.2, 0.25) is 5.75 Å². The number of aliphatic hydroxyl groups is 1. The van der Waals surface area contributed by atoms with Crippen LogP contribution in [0.5, 0.6) is 17.2 Å². The Bertz CT molecular complexity index is 750. The topological polar surface area (TPSA) is 51.2 Å². The lowest BCUT2D eigenvalue weighted by molar-refractivity contribution is 0.0847. The van der Waals surface area contributed by atoms with Crippen molar-refractivity contribution >= 4 is 0 Å². The number of nitrogens with zero attached hydrogens (tertiary/aromatic N) is 1. The number of hydrogen-bond donors (Lipinski definition) is 1. The van der Waals surface area contributed by atoms with E-state index in [0.29, 0.717) is 36.3 Å². The van der Waals surface area contributed by atoms with Crippen LogP contribution in [-0.4, -0.2) is 43.9 Å². The Labute approximate surface area is 167 Å². The molecule has 0 aromatic heterocycles. The van der Waals surface area contributed by atoms with E-state index in [9.17, 15) is 5.11 Å². The third-order valence-electron chi connectivity index (χ3n) is 5.29. The van der Waals surface area contributed by atoms with Gasteiger partial charge >= 0.3 is 0 Å². The molecule has 2 aromatic carbocycles. The molecule has 0 bridgehead atoms. The molecular weight excluding hydrogens is 354 g/mol. The molecule has 2 unspecified atom stereocenters. The molecule has 5 heteroatoms. The highest BCUT2D eigenvalue weighted by molar-refractivity contribution is 5.56. The molecule has 1 heterocycles. The van der Waals surface area contributed by atoms with E-state index in [1.807, 2.05) is 42.5 Å². The van der Waals surface area contributed by atoms with E-state index in [1.54, 1.807) is 14.2 Å². The third-order valence-corrected chi connectivity index (χ3v) is 5.29. The van der Waals surface area contributed by atoms with Gasteiger partial charge in [-0.1, -0.05) is 37.3 Å². The molecule has 1 aliphatic heterocycles. The van der Waals surface area contributed by atoms with Crippen LogP contribution in [0.3, 0.4) is 0 Å². The molecule has 0 radical (unpaired) electrons. The number of methoxy groups -OCH3 is 2. The monoisotopic (exact) mass is 385 g/mol. The Morgan fingerprint density at radius 3 is 2.54 bits per heavy atom. The van der Waals surface area contributed by atoms with E-state index in [-0.39, 0.29) is 0 Å². The summed E-state index contributed by atoms with van der Waals surface area (Å²) in [5.41, 5.74) is 1.78. The molecule has 0 spiro atoms. The number of rotatable bonds is 8. The second-order valence-corrected chi connectivity index (χ2v) is 7.52. The summed E-state index contributed by atoms with van der Waals surface area (Å²) in [6.45, 7) is 5.29. The van der Waals surface area contributed by atoms with E-state index in [4.69, 9.17) is 14.2 Å². The molecule has 2 aromatic rings. The summed E-state index contributed by atoms with van der Waals surface area (Å²) in [6.07, 6.45) is 1.78. The van der Waals surface area contributed by atoms with E-state index in [2.05, 4.69) is 11.8 Å². The summed E-state index contributed by atoms with van der Waals surface area (Å²) in [7, 11) is 3.19. The molecule has 0 aliphatic carbocycles. The largest absolute Gasteiger partial charge is 0.493 e. The van der Waals surface area contributed by atoms with Crippen LogP contribution >= 0.6 is 0 Å². The van der Waals surface area contributed by atoms with E-state index < -0.39 is 6.10 Å². The van der Waals surface area contributed by atoms with Crippen molar-refractivity contribution in [1.82, 2.24) is 4.90 Å². The molecule has 0 amide bonds. The molecular formula is C23H31NO4. The Balaban J connectivity index is 1.83. The molecule has 28 heavy (non-hydrogen) atoms. The van der Waals surface area contributed by atoms with Gasteiger partial charge in [0.1, 0.15) is 6.61 Å². The van der Waals surface area contributed by atoms with Gasteiger partial charge in [-0.15, -0.1) is 0 Å². The number of β-amino-alcohol motifs (C(OH)–C–C–N with tert-alkyl or cyclic N) is 1. The summed E-state index contributed by atoms with van der Waals surface area (Å²) in [5, 5.41) is 11.0. The lowest BCUT2D eigenvalue weighted by Gasteiger charge is -2.32. The van der Waals surface area contributed by atoms with Crippen LogP contribution in [0.4, 0.5) is 0 Å². The predicted molar refractivity (Wildman–Crippen MR) is 110 cm³/mol. The average molecular weight is 386 g/mol. The standard InChI is InChI=1S/C23H31NO4/c1-17-8-7-13-24(14-17)15-20(25)19-11-12-21(26-2)23(27-3)22(19)28-16-18-9-5-4-6-10-18/h4-6,9-12,17,20,25H,7-8,13-16H2,1-3H3. The van der Waals surface area contributed by atoms with E-state index >= 15 is 0 Å². The first-order valence-corrected chi connectivity index (χ1v) is 9.94. The molecule has 2 atom stereocenters. The highest BCUT2D eigenvalue weighted by atomic mass is 16.5. The first-order chi connectivity index (χ1) is 13.6. The minimum atomic E-state index is -0.657. The maximum Gasteiger partial charge on any atom is 0.203 e. The maximum atomic E-state index is 11.0. The molecule has 5 nitrogen and oxygen atoms in total. The van der Waals surface area contributed by atoms with Gasteiger partial charge in [0.25, 0.3) is 0 Å². The number of ether oxygens (including phenoxy) is 3. The van der Waals surface area contributed by atoms with Crippen molar-refractivity contribution in [3.8, 4) is 17.2 Å². The fourth-order valence-electron chi connectivity index (χ4n) is 3.85. The minimum absolute atomic E-state index is 0.394. The van der Waals surface area contributed by atoms with Crippen molar-refractivity contribution < 1.29 is 19.3 Å². The lowest BCUT2D eigenvalue weighted by Crippen LogP contribution is -2.37. The third kappa shape index (κ3) is 4.97. The summed E-state index contributed by atoms with van der Waals surface area (Å²) in [5.74, 6) is 2.32. The van der Waals surface area contributed by atoms with Gasteiger partial charge in [0.05, 0.1) is 20.3 Å². The zero-order chi connectivity index (χ0) is 19.9. The molecule has 1 saturated heterocycles. The number of benzene rings is 2. The van der Waals surface area contributed by atoms with Crippen molar-refractivity contribution in [3.05, 3.63) is 53.6 Å². The maximum absolute atomic E-state index is 11.0. The number of likely N-dealkylation sites (tertiary alicyclic amines) is 1. The normalized spacial score (nSPS) is 18.5. The summed E-state index contributed by atoms with van der Waals surface area (Å²) in [6, 6.07) is 13.7. The van der Waals surface area contributed by atoms with Gasteiger partial charge in [-0.25, -0.2) is 0 Å². The molecule has 1 aliphatic rings. The number of hydrogen-bond acceptors (Lipinski definition) is 5. The Morgan fingerprint density at radius 1 is 1.07 bits per heavy atom. The lowest BCUT2D eigenvalue weighted by atomic mass is 9.99. The fraction of sp³-hybridized carbons (Fsp3) is 0.478. The van der Waals surface area contributed by atoms with Crippen LogP contribution in [0, 0.1) is 5.92 Å². The van der Waals surface area contributed by atoms with Crippen LogP contribution in [0.2, 0.25) is 0 Å². The molecule has 1 fully saturated rings. The summed E-state index contributed by atoms with van der Waals surface area (Å²) < 4.78 is 17.1. The van der Waals surface area contributed by atoms with Crippen LogP contribution in [0.25, 0.3) is 0 Å². The van der Waals surface area contributed by atoms with Crippen molar-refractivity contribution in [2.45, 2.75) is 32.5 Å². The second-order valence-electron chi connectivity index (χ2n) is 7.52. The fourth-order valence-corrected chi connectivity index (χ4v) is 3.85. The van der Waals surface area contributed by atoms with Crippen molar-refractivity contribution in [1.29, 1.82) is 0 Å². The van der Waals surface area contributed by atoms with E-state index in [1.165, 1.54) is 12.8 Å². The average Bonchev–Trinajstić information content (AvgIpc) is 2.72.